The zero-order valence-electron chi connectivity index (χ0n) is 14.6. The molecule has 3 aromatic rings. The van der Waals surface area contributed by atoms with Gasteiger partial charge < -0.3 is 5.11 Å². The lowest BCUT2D eigenvalue weighted by Crippen LogP contribution is -2.06. The number of aryl methyl sites for hydroxylation is 2. The molecule has 0 unspecified atom stereocenters. The minimum absolute atomic E-state index is 0.0823. The number of nitrogens with zero attached hydrogens (tertiary/aromatic N) is 2. The van der Waals surface area contributed by atoms with Gasteiger partial charge in [-0.25, -0.2) is 9.97 Å². The van der Waals surface area contributed by atoms with E-state index >= 15 is 0 Å². The molecule has 0 aliphatic heterocycles. The highest BCUT2D eigenvalue weighted by molar-refractivity contribution is 5.94. The van der Waals surface area contributed by atoms with E-state index in [2.05, 4.69) is 53.3 Å². The van der Waals surface area contributed by atoms with Crippen molar-refractivity contribution in [3.05, 3.63) is 76.9 Å². The smallest absolute Gasteiger partial charge is 0.182 e. The van der Waals surface area contributed by atoms with Crippen molar-refractivity contribution in [2.24, 2.45) is 0 Å². The Morgan fingerprint density at radius 2 is 1.72 bits per heavy atom. The molecule has 0 aliphatic rings. The Balaban J connectivity index is 1.86. The molecule has 0 saturated heterocycles. The number of aromatic hydroxyl groups is 1. The maximum absolute atomic E-state index is 11.6. The molecule has 1 aromatic heterocycles. The van der Waals surface area contributed by atoms with Crippen molar-refractivity contribution in [2.75, 3.05) is 0 Å². The van der Waals surface area contributed by atoms with Gasteiger partial charge in [0.05, 0.1) is 5.69 Å². The molecule has 0 amide bonds. The third kappa shape index (κ3) is 3.74. The summed E-state index contributed by atoms with van der Waals surface area (Å²) in [5, 5.41) is 9.90. The highest BCUT2D eigenvalue weighted by Crippen LogP contribution is 2.23. The Kier molecular flexibility index (Phi) is 4.61. The van der Waals surface area contributed by atoms with Crippen LogP contribution >= 0.6 is 0 Å². The van der Waals surface area contributed by atoms with E-state index in [1.54, 1.807) is 6.92 Å². The van der Waals surface area contributed by atoms with Gasteiger partial charge >= 0.3 is 0 Å². The molecule has 2 aromatic carbocycles. The summed E-state index contributed by atoms with van der Waals surface area (Å²) in [4.78, 5) is 20.1. The van der Waals surface area contributed by atoms with Crippen LogP contribution in [0.15, 0.2) is 48.5 Å². The molecule has 25 heavy (non-hydrogen) atoms. The summed E-state index contributed by atoms with van der Waals surface area (Å²) in [6, 6.07) is 16.6. The molecule has 0 aliphatic carbocycles. The van der Waals surface area contributed by atoms with Gasteiger partial charge in [-0.15, -0.1) is 0 Å². The molecule has 0 bridgehead atoms. The second kappa shape index (κ2) is 6.85. The van der Waals surface area contributed by atoms with E-state index in [4.69, 9.17) is 0 Å². The summed E-state index contributed by atoms with van der Waals surface area (Å²) in [6.07, 6.45) is 0.509. The molecule has 1 heterocycles. The summed E-state index contributed by atoms with van der Waals surface area (Å²) >= 11 is 0. The Morgan fingerprint density at radius 1 is 1.00 bits per heavy atom. The maximum Gasteiger partial charge on any atom is 0.182 e. The largest absolute Gasteiger partial charge is 0.504 e. The fourth-order valence-electron chi connectivity index (χ4n) is 2.77. The van der Waals surface area contributed by atoms with Crippen molar-refractivity contribution < 1.29 is 9.90 Å². The lowest BCUT2D eigenvalue weighted by Gasteiger charge is -2.08. The van der Waals surface area contributed by atoms with E-state index in [1.807, 2.05) is 12.1 Å². The van der Waals surface area contributed by atoms with Crippen LogP contribution in [0.2, 0.25) is 0 Å². The van der Waals surface area contributed by atoms with Gasteiger partial charge in [0.2, 0.25) is 0 Å². The zero-order chi connectivity index (χ0) is 18.0. The average molecular weight is 332 g/mol. The number of hydrogen-bond acceptors (Lipinski definition) is 4. The minimum Gasteiger partial charge on any atom is -0.504 e. The maximum atomic E-state index is 11.6. The van der Waals surface area contributed by atoms with Crippen molar-refractivity contribution in [3.8, 4) is 16.9 Å². The molecule has 4 heteroatoms. The van der Waals surface area contributed by atoms with Crippen LogP contribution in [0.25, 0.3) is 11.1 Å². The van der Waals surface area contributed by atoms with E-state index in [0.717, 1.165) is 11.1 Å². The fourth-order valence-corrected chi connectivity index (χ4v) is 2.77. The minimum atomic E-state index is -0.265. The van der Waals surface area contributed by atoms with Gasteiger partial charge in [-0.2, -0.15) is 0 Å². The number of ketones is 1. The lowest BCUT2D eigenvalue weighted by molar-refractivity contribution is 0.100. The van der Waals surface area contributed by atoms with Gasteiger partial charge in [0, 0.05) is 13.3 Å². The summed E-state index contributed by atoms with van der Waals surface area (Å²) in [7, 11) is 0. The number of benzene rings is 2. The first-order chi connectivity index (χ1) is 11.9. The SMILES string of the molecule is CC(=O)c1nc(Cc2ccc(-c3cccc(C)c3)cc2)nc(C)c1O. The standard InChI is InChI=1S/C21H20N2O2/c1-13-5-4-6-18(11-13)17-9-7-16(8-10-17)12-19-22-14(2)21(25)20(23-19)15(3)24/h4-11,25H,12H2,1-3H3. The van der Waals surface area contributed by atoms with Crippen molar-refractivity contribution in [2.45, 2.75) is 27.2 Å². The van der Waals surface area contributed by atoms with Crippen LogP contribution in [0.1, 0.15) is 40.1 Å². The molecule has 0 spiro atoms. The normalized spacial score (nSPS) is 10.7. The summed E-state index contributed by atoms with van der Waals surface area (Å²) in [5.41, 5.74) is 5.12. The van der Waals surface area contributed by atoms with Gasteiger partial charge in [0.15, 0.2) is 17.2 Å². The molecular weight excluding hydrogens is 312 g/mol. The number of aromatic nitrogens is 2. The molecule has 0 fully saturated rings. The first-order valence-corrected chi connectivity index (χ1v) is 8.17. The fraction of sp³-hybridized carbons (Fsp3) is 0.190. The summed E-state index contributed by atoms with van der Waals surface area (Å²) in [6.45, 7) is 5.14. The number of rotatable bonds is 4. The second-order valence-corrected chi connectivity index (χ2v) is 6.22. The molecule has 4 nitrogen and oxygen atoms in total. The zero-order valence-corrected chi connectivity index (χ0v) is 14.6. The van der Waals surface area contributed by atoms with Crippen LogP contribution in [-0.4, -0.2) is 20.9 Å². The molecule has 1 N–H and O–H groups in total. The Labute approximate surface area is 147 Å². The molecular formula is C21H20N2O2. The predicted octanol–water partition coefficient (Wildman–Crippen LogP) is 4.26. The average Bonchev–Trinajstić information content (AvgIpc) is 2.58. The van der Waals surface area contributed by atoms with Crippen molar-refractivity contribution >= 4 is 5.78 Å². The third-order valence-corrected chi connectivity index (χ3v) is 4.11. The first kappa shape index (κ1) is 16.8. The predicted molar refractivity (Wildman–Crippen MR) is 97.9 cm³/mol. The van der Waals surface area contributed by atoms with Crippen molar-refractivity contribution in [1.82, 2.24) is 9.97 Å². The van der Waals surface area contributed by atoms with E-state index < -0.39 is 0 Å². The van der Waals surface area contributed by atoms with Crippen LogP contribution in [0.4, 0.5) is 0 Å². The second-order valence-electron chi connectivity index (χ2n) is 6.22. The highest BCUT2D eigenvalue weighted by atomic mass is 16.3. The van der Waals surface area contributed by atoms with Crippen LogP contribution in [0.5, 0.6) is 5.75 Å². The van der Waals surface area contributed by atoms with Gasteiger partial charge in [-0.3, -0.25) is 4.79 Å². The van der Waals surface area contributed by atoms with Gasteiger partial charge in [-0.05, 0) is 30.5 Å². The molecule has 3 rings (SSSR count). The van der Waals surface area contributed by atoms with Crippen LogP contribution in [0.3, 0.4) is 0 Å². The van der Waals surface area contributed by atoms with Crippen LogP contribution < -0.4 is 0 Å². The first-order valence-electron chi connectivity index (χ1n) is 8.17. The molecule has 126 valence electrons. The van der Waals surface area contributed by atoms with E-state index in [1.165, 1.54) is 18.1 Å². The number of carbonyl (C=O) groups is 1. The highest BCUT2D eigenvalue weighted by Gasteiger charge is 2.14. The van der Waals surface area contributed by atoms with Gasteiger partial charge in [0.1, 0.15) is 5.82 Å². The summed E-state index contributed by atoms with van der Waals surface area (Å²) in [5.74, 6) is 0.133. The molecule has 0 radical (unpaired) electrons. The van der Waals surface area contributed by atoms with Crippen LogP contribution in [-0.2, 0) is 6.42 Å². The number of hydrogen-bond donors (Lipinski definition) is 1. The number of carbonyl (C=O) groups excluding carboxylic acids is 1. The number of Topliss-reactive ketones (excluding diaryl/α,β-unsaturated/α-hetero) is 1. The van der Waals surface area contributed by atoms with Crippen molar-refractivity contribution in [3.63, 3.8) is 0 Å². The van der Waals surface area contributed by atoms with E-state index in [9.17, 15) is 9.90 Å². The van der Waals surface area contributed by atoms with Gasteiger partial charge in [0.25, 0.3) is 0 Å². The van der Waals surface area contributed by atoms with Gasteiger partial charge in [-0.1, -0.05) is 54.1 Å². The summed E-state index contributed by atoms with van der Waals surface area (Å²) < 4.78 is 0. The monoisotopic (exact) mass is 332 g/mol. The van der Waals surface area contributed by atoms with E-state index in [0.29, 0.717) is 17.9 Å². The molecule has 0 saturated carbocycles. The Morgan fingerprint density at radius 3 is 2.36 bits per heavy atom. The lowest BCUT2D eigenvalue weighted by atomic mass is 10.0. The van der Waals surface area contributed by atoms with Crippen molar-refractivity contribution in [1.29, 1.82) is 0 Å². The quantitative estimate of drug-likeness (QED) is 0.725. The van der Waals surface area contributed by atoms with E-state index in [-0.39, 0.29) is 17.2 Å². The Bertz CT molecular complexity index is 931. The Hall–Kier alpha value is -3.01. The van der Waals surface area contributed by atoms with Crippen LogP contribution in [0, 0.1) is 13.8 Å². The molecule has 0 atom stereocenters. The third-order valence-electron chi connectivity index (χ3n) is 4.11. The topological polar surface area (TPSA) is 63.1 Å².